The maximum atomic E-state index is 12.1. The fourth-order valence-electron chi connectivity index (χ4n) is 3.37. The second-order valence-electron chi connectivity index (χ2n) is 6.46. The van der Waals surface area contributed by atoms with E-state index in [1.54, 1.807) is 19.3 Å². The maximum absolute atomic E-state index is 12.1. The molecule has 27 heavy (non-hydrogen) atoms. The Labute approximate surface area is 158 Å². The van der Waals surface area contributed by atoms with E-state index in [-0.39, 0.29) is 11.9 Å². The summed E-state index contributed by atoms with van der Waals surface area (Å²) in [5, 5.41) is 11.6. The number of likely N-dealkylation sites (N-methyl/N-ethyl adjacent to an activating group) is 1. The van der Waals surface area contributed by atoms with Crippen molar-refractivity contribution in [2.24, 2.45) is 0 Å². The number of ether oxygens (including phenoxy) is 1. The van der Waals surface area contributed by atoms with E-state index in [4.69, 9.17) is 9.84 Å². The van der Waals surface area contributed by atoms with Crippen LogP contribution in [-0.4, -0.2) is 53.1 Å². The first-order valence-corrected chi connectivity index (χ1v) is 8.93. The van der Waals surface area contributed by atoms with Crippen molar-refractivity contribution in [3.05, 3.63) is 48.2 Å². The van der Waals surface area contributed by atoms with Gasteiger partial charge < -0.3 is 15.2 Å². The van der Waals surface area contributed by atoms with Gasteiger partial charge in [0.15, 0.2) is 6.61 Å². The summed E-state index contributed by atoms with van der Waals surface area (Å²) >= 11 is 0. The van der Waals surface area contributed by atoms with Crippen LogP contribution in [0.4, 0.5) is 0 Å². The number of hydrogen-bond acceptors (Lipinski definition) is 5. The molecule has 0 saturated carbocycles. The Kier molecular flexibility index (Phi) is 6.03. The van der Waals surface area contributed by atoms with Gasteiger partial charge in [0.1, 0.15) is 5.75 Å². The Bertz CT molecular complexity index is 810. The third kappa shape index (κ3) is 4.62. The molecule has 0 spiro atoms. The lowest BCUT2D eigenvalue weighted by Gasteiger charge is -2.24. The van der Waals surface area contributed by atoms with Gasteiger partial charge in [0.25, 0.3) is 0 Å². The maximum Gasteiger partial charge on any atom is 0.341 e. The van der Waals surface area contributed by atoms with E-state index in [2.05, 4.69) is 15.2 Å². The number of rotatable bonds is 7. The van der Waals surface area contributed by atoms with Crippen LogP contribution in [0.15, 0.2) is 42.6 Å². The van der Waals surface area contributed by atoms with E-state index in [9.17, 15) is 9.59 Å². The van der Waals surface area contributed by atoms with Crippen LogP contribution in [0.2, 0.25) is 0 Å². The normalized spacial score (nSPS) is 16.9. The zero-order valence-electron chi connectivity index (χ0n) is 15.2. The molecule has 1 aromatic carbocycles. The fourth-order valence-corrected chi connectivity index (χ4v) is 3.37. The third-order valence-corrected chi connectivity index (χ3v) is 4.66. The van der Waals surface area contributed by atoms with Gasteiger partial charge in [0.05, 0.1) is 11.7 Å². The van der Waals surface area contributed by atoms with Crippen molar-refractivity contribution in [3.8, 4) is 17.0 Å². The van der Waals surface area contributed by atoms with Crippen LogP contribution >= 0.6 is 0 Å². The van der Waals surface area contributed by atoms with Crippen molar-refractivity contribution in [2.45, 2.75) is 25.4 Å². The smallest absolute Gasteiger partial charge is 0.341 e. The van der Waals surface area contributed by atoms with Gasteiger partial charge in [0, 0.05) is 30.9 Å². The minimum atomic E-state index is -1.03. The molecular formula is C20H23N3O4. The lowest BCUT2D eigenvalue weighted by Crippen LogP contribution is -2.41. The second kappa shape index (κ2) is 8.64. The molecule has 0 bridgehead atoms. The van der Waals surface area contributed by atoms with Crippen molar-refractivity contribution >= 4 is 11.9 Å². The zero-order valence-corrected chi connectivity index (χ0v) is 15.2. The lowest BCUT2D eigenvalue weighted by molar-refractivity contribution is -0.139. The van der Waals surface area contributed by atoms with Crippen molar-refractivity contribution in [1.82, 2.24) is 15.2 Å². The Morgan fingerprint density at radius 2 is 2.19 bits per heavy atom. The highest BCUT2D eigenvalue weighted by atomic mass is 16.5. The van der Waals surface area contributed by atoms with Gasteiger partial charge in [-0.25, -0.2) is 4.79 Å². The number of likely N-dealkylation sites (tertiary alicyclic amines) is 1. The van der Waals surface area contributed by atoms with E-state index in [0.29, 0.717) is 12.3 Å². The van der Waals surface area contributed by atoms with Gasteiger partial charge in [-0.05, 0) is 49.7 Å². The largest absolute Gasteiger partial charge is 0.482 e. The van der Waals surface area contributed by atoms with Gasteiger partial charge in [-0.15, -0.1) is 0 Å². The number of nitrogens with zero attached hydrogens (tertiary/aromatic N) is 2. The number of carbonyl (C=O) groups is 2. The van der Waals surface area contributed by atoms with Crippen molar-refractivity contribution in [1.29, 1.82) is 0 Å². The summed E-state index contributed by atoms with van der Waals surface area (Å²) in [6, 6.07) is 11.1. The predicted octanol–water partition coefficient (Wildman–Crippen LogP) is 1.92. The average molecular weight is 369 g/mol. The van der Waals surface area contributed by atoms with Crippen LogP contribution in [0.3, 0.4) is 0 Å². The van der Waals surface area contributed by atoms with Gasteiger partial charge in [0.2, 0.25) is 5.91 Å². The summed E-state index contributed by atoms with van der Waals surface area (Å²) in [7, 11) is 1.64. The molecule has 1 atom stereocenters. The molecule has 1 aliphatic heterocycles. The monoisotopic (exact) mass is 369 g/mol. The number of pyridine rings is 1. The number of hydrogen-bond donors (Lipinski definition) is 2. The van der Waals surface area contributed by atoms with E-state index < -0.39 is 12.6 Å². The standard InChI is InChI=1S/C20H23N3O4/c1-21-20(26)17-6-4-10-23(17)12-15-11-14(16-5-2-3-9-22-16)7-8-18(15)27-13-19(24)25/h2-3,5,7-9,11,17H,4,6,10,12-13H2,1H3,(H,21,26)(H,24,25). The summed E-state index contributed by atoms with van der Waals surface area (Å²) in [4.78, 5) is 29.5. The van der Waals surface area contributed by atoms with E-state index in [0.717, 1.165) is 36.2 Å². The molecule has 2 N–H and O–H groups in total. The molecule has 2 aromatic rings. The number of aromatic nitrogens is 1. The van der Waals surface area contributed by atoms with Crippen LogP contribution in [0, 0.1) is 0 Å². The summed E-state index contributed by atoms with van der Waals surface area (Å²) in [5.74, 6) is -0.514. The summed E-state index contributed by atoms with van der Waals surface area (Å²) in [5.41, 5.74) is 2.59. The number of aliphatic carboxylic acids is 1. The quantitative estimate of drug-likeness (QED) is 0.775. The zero-order chi connectivity index (χ0) is 19.2. The van der Waals surface area contributed by atoms with Gasteiger partial charge >= 0.3 is 5.97 Å². The van der Waals surface area contributed by atoms with Crippen molar-refractivity contribution < 1.29 is 19.4 Å². The fraction of sp³-hybridized carbons (Fsp3) is 0.350. The second-order valence-corrected chi connectivity index (χ2v) is 6.46. The molecule has 7 nitrogen and oxygen atoms in total. The van der Waals surface area contributed by atoms with Gasteiger partial charge in [-0.3, -0.25) is 14.7 Å². The van der Waals surface area contributed by atoms with Crippen LogP contribution in [0.1, 0.15) is 18.4 Å². The highest BCUT2D eigenvalue weighted by Gasteiger charge is 2.30. The molecule has 3 rings (SSSR count). The van der Waals surface area contributed by atoms with Gasteiger partial charge in [-0.2, -0.15) is 0 Å². The molecule has 1 amide bonds. The van der Waals surface area contributed by atoms with Crippen molar-refractivity contribution in [2.75, 3.05) is 20.2 Å². The number of carboxylic acids is 1. The molecule has 1 unspecified atom stereocenters. The topological polar surface area (TPSA) is 91.8 Å². The number of amides is 1. The Balaban J connectivity index is 1.89. The molecule has 0 aliphatic carbocycles. The molecule has 2 heterocycles. The molecule has 142 valence electrons. The predicted molar refractivity (Wildman–Crippen MR) is 100 cm³/mol. The number of benzene rings is 1. The highest BCUT2D eigenvalue weighted by molar-refractivity contribution is 5.81. The minimum Gasteiger partial charge on any atom is -0.482 e. The summed E-state index contributed by atoms with van der Waals surface area (Å²) in [6.07, 6.45) is 3.49. The molecule has 1 saturated heterocycles. The average Bonchev–Trinajstić information content (AvgIpc) is 3.15. The van der Waals surface area contributed by atoms with Crippen LogP contribution < -0.4 is 10.1 Å². The lowest BCUT2D eigenvalue weighted by atomic mass is 10.1. The molecular weight excluding hydrogens is 346 g/mol. The van der Waals surface area contributed by atoms with E-state index in [1.165, 1.54) is 0 Å². The first-order chi connectivity index (χ1) is 13.1. The molecule has 0 radical (unpaired) electrons. The number of nitrogens with one attached hydrogen (secondary N) is 1. The summed E-state index contributed by atoms with van der Waals surface area (Å²) < 4.78 is 5.47. The SMILES string of the molecule is CNC(=O)C1CCCN1Cc1cc(-c2ccccn2)ccc1OCC(=O)O. The molecule has 7 heteroatoms. The van der Waals surface area contributed by atoms with E-state index in [1.807, 2.05) is 30.3 Å². The number of carboxylic acid groups (broad SMARTS) is 1. The Morgan fingerprint density at radius 1 is 1.33 bits per heavy atom. The third-order valence-electron chi connectivity index (χ3n) is 4.66. The molecule has 1 fully saturated rings. The highest BCUT2D eigenvalue weighted by Crippen LogP contribution is 2.29. The van der Waals surface area contributed by atoms with Crippen molar-refractivity contribution in [3.63, 3.8) is 0 Å². The first kappa shape index (κ1) is 18.8. The minimum absolute atomic E-state index is 0.00128. The van der Waals surface area contributed by atoms with Crippen LogP contribution in [0.25, 0.3) is 11.3 Å². The molecule has 1 aromatic heterocycles. The van der Waals surface area contributed by atoms with E-state index >= 15 is 0 Å². The summed E-state index contributed by atoms with van der Waals surface area (Å²) in [6.45, 7) is 0.910. The van der Waals surface area contributed by atoms with Gasteiger partial charge in [-0.1, -0.05) is 6.07 Å². The molecule has 1 aliphatic rings. The van der Waals surface area contributed by atoms with Crippen LogP contribution in [-0.2, 0) is 16.1 Å². The Morgan fingerprint density at radius 3 is 2.89 bits per heavy atom. The Hall–Kier alpha value is -2.93. The number of carbonyl (C=O) groups excluding carboxylic acids is 1. The first-order valence-electron chi connectivity index (χ1n) is 8.93. The van der Waals surface area contributed by atoms with Crippen LogP contribution in [0.5, 0.6) is 5.75 Å².